The summed E-state index contributed by atoms with van der Waals surface area (Å²) in [5, 5.41) is 11.6. The largest absolute Gasteiger partial charge is 0.496 e. The highest BCUT2D eigenvalue weighted by Crippen LogP contribution is 2.31. The lowest BCUT2D eigenvalue weighted by molar-refractivity contribution is -0.137. The van der Waals surface area contributed by atoms with Crippen molar-refractivity contribution in [2.45, 2.75) is 27.3 Å². The van der Waals surface area contributed by atoms with Crippen LogP contribution in [-0.2, 0) is 11.3 Å². The quantitative estimate of drug-likeness (QED) is 0.866. The number of hydrogen-bond acceptors (Lipinski definition) is 4. The lowest BCUT2D eigenvalue weighted by Gasteiger charge is -2.17. The van der Waals surface area contributed by atoms with Crippen LogP contribution in [0.1, 0.15) is 27.0 Å². The monoisotopic (exact) mass is 344 g/mol. The Kier molecular flexibility index (Phi) is 5.26. The van der Waals surface area contributed by atoms with Gasteiger partial charge < -0.3 is 19.7 Å². The molecule has 0 aliphatic heterocycles. The van der Waals surface area contributed by atoms with Crippen molar-refractivity contribution < 1.29 is 19.4 Å². The lowest BCUT2D eigenvalue weighted by Crippen LogP contribution is -2.30. The number of benzene rings is 1. The van der Waals surface area contributed by atoms with Crippen LogP contribution in [0.2, 0.25) is 0 Å². The first kappa shape index (κ1) is 18.3. The second-order valence-corrected chi connectivity index (χ2v) is 5.72. The summed E-state index contributed by atoms with van der Waals surface area (Å²) in [6.45, 7) is 5.07. The van der Waals surface area contributed by atoms with Gasteiger partial charge in [0.1, 0.15) is 17.9 Å². The zero-order valence-electron chi connectivity index (χ0n) is 14.5. The zero-order valence-corrected chi connectivity index (χ0v) is 14.5. The molecule has 1 aromatic heterocycles. The number of anilines is 1. The molecule has 132 valence electrons. The molecule has 0 aliphatic rings. The minimum atomic E-state index is -1.16. The maximum Gasteiger partial charge on any atom is 0.323 e. The molecule has 0 fully saturated rings. The van der Waals surface area contributed by atoms with Gasteiger partial charge in [-0.25, -0.2) is 0 Å². The van der Waals surface area contributed by atoms with Crippen LogP contribution in [0, 0.1) is 20.8 Å². The van der Waals surface area contributed by atoms with Gasteiger partial charge in [0.15, 0.2) is 0 Å². The highest BCUT2D eigenvalue weighted by atomic mass is 16.5. The summed E-state index contributed by atoms with van der Waals surface area (Å²) in [5.41, 5.74) is 2.37. The number of pyridine rings is 1. The number of carboxylic acid groups (broad SMARTS) is 1. The van der Waals surface area contributed by atoms with Gasteiger partial charge in [-0.2, -0.15) is 0 Å². The number of carboxylic acids is 1. The van der Waals surface area contributed by atoms with Crippen molar-refractivity contribution in [3.63, 3.8) is 0 Å². The van der Waals surface area contributed by atoms with Gasteiger partial charge in [0.2, 0.25) is 0 Å². The molecule has 25 heavy (non-hydrogen) atoms. The number of amides is 1. The second-order valence-electron chi connectivity index (χ2n) is 5.72. The van der Waals surface area contributed by atoms with Crippen molar-refractivity contribution in [3.05, 3.63) is 57.0 Å². The first-order valence-electron chi connectivity index (χ1n) is 7.63. The number of rotatable bonds is 5. The average molecular weight is 344 g/mol. The van der Waals surface area contributed by atoms with Gasteiger partial charge in [0.25, 0.3) is 11.5 Å². The highest BCUT2D eigenvalue weighted by Gasteiger charge is 2.17. The van der Waals surface area contributed by atoms with E-state index >= 15 is 0 Å². The van der Waals surface area contributed by atoms with Crippen molar-refractivity contribution in [1.29, 1.82) is 0 Å². The molecular formula is C18H20N2O5. The van der Waals surface area contributed by atoms with E-state index in [2.05, 4.69) is 5.32 Å². The molecule has 0 atom stereocenters. The molecule has 2 rings (SSSR count). The Morgan fingerprint density at radius 1 is 1.24 bits per heavy atom. The lowest BCUT2D eigenvalue weighted by atomic mass is 10.0. The molecule has 2 aromatic rings. The Balaban J connectivity index is 2.40. The van der Waals surface area contributed by atoms with E-state index in [0.717, 1.165) is 27.0 Å². The van der Waals surface area contributed by atoms with E-state index in [1.165, 1.54) is 18.3 Å². The molecule has 7 heteroatoms. The molecule has 7 nitrogen and oxygen atoms in total. The predicted molar refractivity (Wildman–Crippen MR) is 93.5 cm³/mol. The number of nitrogens with one attached hydrogen (secondary N) is 1. The number of ether oxygens (including phenoxy) is 1. The third kappa shape index (κ3) is 3.71. The average Bonchev–Trinajstić information content (AvgIpc) is 2.56. The van der Waals surface area contributed by atoms with Crippen LogP contribution >= 0.6 is 0 Å². The summed E-state index contributed by atoms with van der Waals surface area (Å²) in [7, 11) is 1.58. The molecule has 2 N–H and O–H groups in total. The Morgan fingerprint density at radius 3 is 2.52 bits per heavy atom. The summed E-state index contributed by atoms with van der Waals surface area (Å²) in [5.74, 6) is -1.02. The molecule has 0 aliphatic carbocycles. The van der Waals surface area contributed by atoms with Crippen molar-refractivity contribution in [1.82, 2.24) is 4.57 Å². The van der Waals surface area contributed by atoms with Crippen molar-refractivity contribution >= 4 is 17.6 Å². The van der Waals surface area contributed by atoms with Crippen LogP contribution in [0.5, 0.6) is 5.75 Å². The number of methoxy groups -OCH3 is 1. The van der Waals surface area contributed by atoms with Gasteiger partial charge in [-0.1, -0.05) is 0 Å². The van der Waals surface area contributed by atoms with Gasteiger partial charge in [-0.15, -0.1) is 0 Å². The van der Waals surface area contributed by atoms with Crippen LogP contribution in [0.3, 0.4) is 0 Å². The smallest absolute Gasteiger partial charge is 0.323 e. The van der Waals surface area contributed by atoms with Crippen molar-refractivity contribution in [3.8, 4) is 5.75 Å². The Labute approximate surface area is 144 Å². The minimum absolute atomic E-state index is 0.115. The Morgan fingerprint density at radius 2 is 1.92 bits per heavy atom. The third-order valence-corrected chi connectivity index (χ3v) is 4.08. The Bertz CT molecular complexity index is 899. The van der Waals surface area contributed by atoms with Gasteiger partial charge in [0.05, 0.1) is 7.11 Å². The molecule has 1 amide bonds. The fraction of sp³-hybridized carbons (Fsp3) is 0.278. The summed E-state index contributed by atoms with van der Waals surface area (Å²) in [4.78, 5) is 35.6. The third-order valence-electron chi connectivity index (χ3n) is 4.08. The van der Waals surface area contributed by atoms with Gasteiger partial charge in [0, 0.05) is 11.9 Å². The molecule has 0 unspecified atom stereocenters. The summed E-state index contributed by atoms with van der Waals surface area (Å²) in [6, 6.07) is 4.65. The van der Waals surface area contributed by atoms with Crippen LogP contribution in [0.4, 0.5) is 5.69 Å². The number of hydrogen-bond donors (Lipinski definition) is 2. The molecule has 1 heterocycles. The SMILES string of the molecule is COc1cc(C)c(NC(=O)c2cccn(CC(=O)O)c2=O)c(C)c1C. The number of aliphatic carboxylic acids is 1. The topological polar surface area (TPSA) is 97.6 Å². The predicted octanol–water partition coefficient (Wildman–Crippen LogP) is 2.12. The first-order chi connectivity index (χ1) is 11.8. The zero-order chi connectivity index (χ0) is 18.7. The number of carbonyl (C=O) groups excluding carboxylic acids is 1. The molecule has 0 bridgehead atoms. The molecule has 0 spiro atoms. The maximum atomic E-state index is 12.5. The standard InChI is InChI=1S/C18H20N2O5/c1-10-8-14(25-4)11(2)12(3)16(10)19-17(23)13-6-5-7-20(18(13)24)9-15(21)22/h5-8H,9H2,1-4H3,(H,19,23)(H,21,22). The summed E-state index contributed by atoms with van der Waals surface area (Å²) < 4.78 is 6.28. The number of aryl methyl sites for hydroxylation is 1. The van der Waals surface area contributed by atoms with E-state index in [1.54, 1.807) is 7.11 Å². The van der Waals surface area contributed by atoms with Crippen LogP contribution in [-0.4, -0.2) is 28.7 Å². The van der Waals surface area contributed by atoms with E-state index in [1.807, 2.05) is 26.8 Å². The van der Waals surface area contributed by atoms with Crippen LogP contribution in [0.15, 0.2) is 29.2 Å². The van der Waals surface area contributed by atoms with Crippen LogP contribution in [0.25, 0.3) is 0 Å². The van der Waals surface area contributed by atoms with E-state index in [4.69, 9.17) is 9.84 Å². The highest BCUT2D eigenvalue weighted by molar-refractivity contribution is 6.05. The van der Waals surface area contributed by atoms with E-state index in [9.17, 15) is 14.4 Å². The first-order valence-corrected chi connectivity index (χ1v) is 7.63. The number of aromatic nitrogens is 1. The number of nitrogens with zero attached hydrogens (tertiary/aromatic N) is 1. The molecule has 0 saturated carbocycles. The van der Waals surface area contributed by atoms with Gasteiger partial charge in [-0.05, 0) is 55.7 Å². The molecule has 0 saturated heterocycles. The normalized spacial score (nSPS) is 10.4. The van der Waals surface area contributed by atoms with E-state index in [-0.39, 0.29) is 5.56 Å². The van der Waals surface area contributed by atoms with Crippen molar-refractivity contribution in [2.75, 3.05) is 12.4 Å². The minimum Gasteiger partial charge on any atom is -0.496 e. The second kappa shape index (κ2) is 7.21. The fourth-order valence-electron chi connectivity index (χ4n) is 2.61. The van der Waals surface area contributed by atoms with Crippen LogP contribution < -0.4 is 15.6 Å². The fourth-order valence-corrected chi connectivity index (χ4v) is 2.61. The molecule has 0 radical (unpaired) electrons. The van der Waals surface area contributed by atoms with Crippen molar-refractivity contribution in [2.24, 2.45) is 0 Å². The number of carbonyl (C=O) groups is 2. The maximum absolute atomic E-state index is 12.5. The Hall–Kier alpha value is -3.09. The van der Waals surface area contributed by atoms with E-state index < -0.39 is 24.0 Å². The molecule has 1 aromatic carbocycles. The van der Waals surface area contributed by atoms with Gasteiger partial charge in [-0.3, -0.25) is 14.4 Å². The summed E-state index contributed by atoms with van der Waals surface area (Å²) in [6.07, 6.45) is 1.33. The van der Waals surface area contributed by atoms with Gasteiger partial charge >= 0.3 is 5.97 Å². The summed E-state index contributed by atoms with van der Waals surface area (Å²) >= 11 is 0. The molecular weight excluding hydrogens is 324 g/mol. The van der Waals surface area contributed by atoms with E-state index in [0.29, 0.717) is 5.69 Å².